The number of thiazole rings is 1. The number of hydrogen-bond donors (Lipinski definition) is 1. The molecule has 0 radical (unpaired) electrons. The molecular formula is C24H23N3O4S2. The molecule has 9 heteroatoms. The zero-order chi connectivity index (χ0) is 23.6. The third-order valence-corrected chi connectivity index (χ3v) is 7.52. The summed E-state index contributed by atoms with van der Waals surface area (Å²) in [6.45, 7) is 4.71. The van der Waals surface area contributed by atoms with Gasteiger partial charge < -0.3 is 9.30 Å². The maximum absolute atomic E-state index is 12.9. The number of fused-ring (bicyclic) bond motifs is 1. The van der Waals surface area contributed by atoms with Gasteiger partial charge in [0.2, 0.25) is 0 Å². The highest BCUT2D eigenvalue weighted by Gasteiger charge is 2.16. The number of rotatable bonds is 6. The molecular weight excluding hydrogens is 458 g/mol. The number of amides is 1. The first-order chi connectivity index (χ1) is 15.8. The third-order valence-electron chi connectivity index (χ3n) is 5.08. The van der Waals surface area contributed by atoms with Gasteiger partial charge in [-0.1, -0.05) is 23.5 Å². The summed E-state index contributed by atoms with van der Waals surface area (Å²) in [5.74, 6) is 0.120. The molecule has 170 valence electrons. The number of hydrogen-bond acceptors (Lipinski definition) is 5. The van der Waals surface area contributed by atoms with Crippen LogP contribution in [0.25, 0.3) is 10.2 Å². The first-order valence-electron chi connectivity index (χ1n) is 10.3. The number of methoxy groups -OCH3 is 1. The molecule has 33 heavy (non-hydrogen) atoms. The van der Waals surface area contributed by atoms with Crippen molar-refractivity contribution in [3.63, 3.8) is 0 Å². The van der Waals surface area contributed by atoms with Crippen molar-refractivity contribution in [1.82, 2.24) is 4.57 Å². The van der Waals surface area contributed by atoms with Crippen molar-refractivity contribution in [2.75, 3.05) is 11.8 Å². The summed E-state index contributed by atoms with van der Waals surface area (Å²) in [5.41, 5.74) is 2.74. The lowest BCUT2D eigenvalue weighted by molar-refractivity contribution is 0.0998. The van der Waals surface area contributed by atoms with E-state index in [4.69, 9.17) is 4.74 Å². The minimum Gasteiger partial charge on any atom is -0.497 e. The molecule has 1 N–H and O–H groups in total. The number of sulfonamides is 1. The van der Waals surface area contributed by atoms with E-state index in [1.807, 2.05) is 30.5 Å². The van der Waals surface area contributed by atoms with Crippen LogP contribution in [0.3, 0.4) is 0 Å². The van der Waals surface area contributed by atoms with Crippen molar-refractivity contribution in [2.24, 2.45) is 4.99 Å². The molecule has 1 amide bonds. The van der Waals surface area contributed by atoms with E-state index in [0.29, 0.717) is 22.7 Å². The van der Waals surface area contributed by atoms with Crippen LogP contribution in [0.5, 0.6) is 5.75 Å². The highest BCUT2D eigenvalue weighted by Crippen LogP contribution is 2.21. The predicted octanol–water partition coefficient (Wildman–Crippen LogP) is 4.58. The minimum absolute atomic E-state index is 0.0919. The monoisotopic (exact) mass is 481 g/mol. The van der Waals surface area contributed by atoms with Crippen LogP contribution < -0.4 is 14.3 Å². The maximum atomic E-state index is 12.9. The van der Waals surface area contributed by atoms with E-state index in [2.05, 4.69) is 15.8 Å². The number of nitrogens with one attached hydrogen (secondary N) is 1. The van der Waals surface area contributed by atoms with Crippen LogP contribution in [0.15, 0.2) is 76.6 Å². The molecule has 1 heterocycles. The predicted molar refractivity (Wildman–Crippen MR) is 130 cm³/mol. The second kappa shape index (κ2) is 9.21. The van der Waals surface area contributed by atoms with Crippen molar-refractivity contribution in [3.8, 4) is 5.75 Å². The number of carbonyl (C=O) groups is 1. The summed E-state index contributed by atoms with van der Waals surface area (Å²) in [4.78, 5) is 17.9. The first-order valence-corrected chi connectivity index (χ1v) is 12.6. The highest BCUT2D eigenvalue weighted by molar-refractivity contribution is 7.92. The third kappa shape index (κ3) is 4.84. The van der Waals surface area contributed by atoms with Crippen LogP contribution in [-0.4, -0.2) is 26.0 Å². The molecule has 0 bridgehead atoms. The molecule has 0 fully saturated rings. The summed E-state index contributed by atoms with van der Waals surface area (Å²) in [6, 6.07) is 18.5. The number of aromatic nitrogens is 1. The summed E-state index contributed by atoms with van der Waals surface area (Å²) >= 11 is 1.45. The summed E-state index contributed by atoms with van der Waals surface area (Å²) in [6.07, 6.45) is 0. The lowest BCUT2D eigenvalue weighted by atomic mass is 10.2. The van der Waals surface area contributed by atoms with Crippen molar-refractivity contribution >= 4 is 43.2 Å². The van der Waals surface area contributed by atoms with E-state index in [0.717, 1.165) is 15.8 Å². The minimum atomic E-state index is -3.82. The van der Waals surface area contributed by atoms with Crippen LogP contribution in [0.1, 0.15) is 22.8 Å². The Morgan fingerprint density at radius 3 is 2.55 bits per heavy atom. The average molecular weight is 482 g/mol. The maximum Gasteiger partial charge on any atom is 0.279 e. The van der Waals surface area contributed by atoms with E-state index < -0.39 is 15.9 Å². The van der Waals surface area contributed by atoms with Crippen LogP contribution in [0, 0.1) is 6.92 Å². The number of benzene rings is 3. The normalized spacial score (nSPS) is 12.2. The van der Waals surface area contributed by atoms with Crippen molar-refractivity contribution in [3.05, 3.63) is 82.7 Å². The van der Waals surface area contributed by atoms with Crippen LogP contribution in [0.4, 0.5) is 5.69 Å². The molecule has 0 aliphatic heterocycles. The van der Waals surface area contributed by atoms with Gasteiger partial charge >= 0.3 is 0 Å². The van der Waals surface area contributed by atoms with Gasteiger partial charge in [0.15, 0.2) is 4.80 Å². The number of ether oxygens (including phenoxy) is 1. The summed E-state index contributed by atoms with van der Waals surface area (Å²) in [7, 11) is -2.31. The molecule has 3 aromatic carbocycles. The fraction of sp³-hybridized carbons (Fsp3) is 0.167. The summed E-state index contributed by atoms with van der Waals surface area (Å²) < 4.78 is 36.1. The fourth-order valence-electron chi connectivity index (χ4n) is 3.41. The first kappa shape index (κ1) is 22.8. The van der Waals surface area contributed by atoms with Crippen LogP contribution in [-0.2, 0) is 16.6 Å². The van der Waals surface area contributed by atoms with E-state index in [9.17, 15) is 13.2 Å². The van der Waals surface area contributed by atoms with Gasteiger partial charge in [-0.15, -0.1) is 0 Å². The molecule has 4 aromatic rings. The van der Waals surface area contributed by atoms with E-state index in [-0.39, 0.29) is 10.6 Å². The average Bonchev–Trinajstić information content (AvgIpc) is 3.14. The second-order valence-corrected chi connectivity index (χ2v) is 10.1. The lowest BCUT2D eigenvalue weighted by Gasteiger charge is -2.09. The highest BCUT2D eigenvalue weighted by atomic mass is 32.2. The number of nitrogens with zero attached hydrogens (tertiary/aromatic N) is 2. The van der Waals surface area contributed by atoms with Gasteiger partial charge in [0.1, 0.15) is 5.75 Å². The van der Waals surface area contributed by atoms with E-state index >= 15 is 0 Å². The van der Waals surface area contributed by atoms with Crippen LogP contribution >= 0.6 is 11.3 Å². The Hall–Kier alpha value is -3.43. The molecule has 0 aliphatic carbocycles. The van der Waals surface area contributed by atoms with Crippen molar-refractivity contribution in [1.29, 1.82) is 0 Å². The molecule has 7 nitrogen and oxygen atoms in total. The Morgan fingerprint density at radius 1 is 1.09 bits per heavy atom. The molecule has 0 saturated carbocycles. The van der Waals surface area contributed by atoms with Gasteiger partial charge in [-0.2, -0.15) is 4.99 Å². The Bertz CT molecular complexity index is 1500. The largest absolute Gasteiger partial charge is 0.497 e. The van der Waals surface area contributed by atoms with Gasteiger partial charge in [0, 0.05) is 17.8 Å². The smallest absolute Gasteiger partial charge is 0.279 e. The molecule has 0 saturated heterocycles. The standard InChI is InChI=1S/C24H23N3O4S2/c1-4-27-21-13-8-16(2)14-22(21)32-24(27)25-23(28)17-6-5-7-18(15-17)26-33(29,30)20-11-9-19(31-3)10-12-20/h5-15,26H,4H2,1-3H3. The molecule has 1 aromatic heterocycles. The van der Waals surface area contributed by atoms with E-state index in [1.165, 1.54) is 36.6 Å². The van der Waals surface area contributed by atoms with Crippen molar-refractivity contribution in [2.45, 2.75) is 25.3 Å². The zero-order valence-corrected chi connectivity index (χ0v) is 20.0. The van der Waals surface area contributed by atoms with Gasteiger partial charge in [0.25, 0.3) is 15.9 Å². The summed E-state index contributed by atoms with van der Waals surface area (Å²) in [5, 5.41) is 0. The van der Waals surface area contributed by atoms with Gasteiger partial charge in [-0.3, -0.25) is 9.52 Å². The fourth-order valence-corrected chi connectivity index (χ4v) is 5.65. The van der Waals surface area contributed by atoms with Gasteiger partial charge in [-0.25, -0.2) is 8.42 Å². The Labute approximate surface area is 196 Å². The number of anilines is 1. The Morgan fingerprint density at radius 2 is 1.85 bits per heavy atom. The molecule has 0 spiro atoms. The molecule has 0 atom stereocenters. The number of aryl methyl sites for hydroxylation is 2. The zero-order valence-electron chi connectivity index (χ0n) is 18.4. The molecule has 4 rings (SSSR count). The van der Waals surface area contributed by atoms with Crippen LogP contribution in [0.2, 0.25) is 0 Å². The molecule has 0 aliphatic rings. The second-order valence-electron chi connectivity index (χ2n) is 7.38. The van der Waals surface area contributed by atoms with E-state index in [1.54, 1.807) is 30.3 Å². The van der Waals surface area contributed by atoms with Crippen molar-refractivity contribution < 1.29 is 17.9 Å². The SMILES string of the molecule is CCn1c(=NC(=O)c2cccc(NS(=O)(=O)c3ccc(OC)cc3)c2)sc2cc(C)ccc21. The number of carbonyl (C=O) groups excluding carboxylic acids is 1. The quantitative estimate of drug-likeness (QED) is 0.436. The van der Waals surface area contributed by atoms with Gasteiger partial charge in [-0.05, 0) is 74.0 Å². The topological polar surface area (TPSA) is 89.8 Å². The Kier molecular flexibility index (Phi) is 6.35. The lowest BCUT2D eigenvalue weighted by Crippen LogP contribution is -2.16. The Balaban J connectivity index is 1.64. The molecule has 0 unspecified atom stereocenters. The van der Waals surface area contributed by atoms with Gasteiger partial charge in [0.05, 0.1) is 22.2 Å².